The van der Waals surface area contributed by atoms with Crippen LogP contribution in [0.15, 0.2) is 43.0 Å². The number of imidazole rings is 1. The van der Waals surface area contributed by atoms with E-state index in [1.807, 2.05) is 18.7 Å². The van der Waals surface area contributed by atoms with E-state index in [2.05, 4.69) is 9.55 Å². The molecule has 0 radical (unpaired) electrons. The third-order valence-corrected chi connectivity index (χ3v) is 6.01. The largest absolute Gasteiger partial charge is 0.414 e. The van der Waals surface area contributed by atoms with Crippen molar-refractivity contribution in [3.05, 3.63) is 48.0 Å². The van der Waals surface area contributed by atoms with Crippen LogP contribution in [0.4, 0.5) is 4.79 Å². The Morgan fingerprint density at radius 2 is 1.86 bits per heavy atom. The lowest BCUT2D eigenvalue weighted by molar-refractivity contribution is 0.156. The van der Waals surface area contributed by atoms with Gasteiger partial charge in [0.15, 0.2) is 0 Å². The third-order valence-electron chi connectivity index (χ3n) is 5.76. The standard InChI is InChI=1S/C22H30ClN3O2/c1-25(22(27)28-21-10-8-20(23)9-11-21)15-12-19-6-4-18(5-7-19)3-2-14-26-16-13-24-17-26/h8-11,13,16-19H,2-7,12,14-15H2,1H3/t18-,19-. The molecule has 1 saturated carbocycles. The second kappa shape index (κ2) is 10.5. The summed E-state index contributed by atoms with van der Waals surface area (Å²) in [5.41, 5.74) is 0. The van der Waals surface area contributed by atoms with Crippen LogP contribution in [0.25, 0.3) is 0 Å². The average molecular weight is 404 g/mol. The number of carbonyl (C=O) groups is 1. The molecule has 1 amide bonds. The number of hydrogen-bond donors (Lipinski definition) is 0. The average Bonchev–Trinajstić information content (AvgIpc) is 3.22. The number of aromatic nitrogens is 2. The SMILES string of the molecule is CN(CC[C@H]1CC[C@H](CCCn2ccnc2)CC1)C(=O)Oc1ccc(Cl)cc1. The Balaban J connectivity index is 1.29. The van der Waals surface area contributed by atoms with Crippen molar-refractivity contribution in [2.75, 3.05) is 13.6 Å². The highest BCUT2D eigenvalue weighted by molar-refractivity contribution is 6.30. The fourth-order valence-corrected chi connectivity index (χ4v) is 4.07. The van der Waals surface area contributed by atoms with E-state index in [0.717, 1.165) is 31.3 Å². The van der Waals surface area contributed by atoms with Gasteiger partial charge < -0.3 is 14.2 Å². The molecule has 0 aliphatic heterocycles. The molecule has 28 heavy (non-hydrogen) atoms. The maximum absolute atomic E-state index is 12.2. The summed E-state index contributed by atoms with van der Waals surface area (Å²) in [6.07, 6.45) is 14.2. The fourth-order valence-electron chi connectivity index (χ4n) is 3.94. The van der Waals surface area contributed by atoms with Gasteiger partial charge >= 0.3 is 6.09 Å². The number of nitrogens with zero attached hydrogens (tertiary/aromatic N) is 3. The summed E-state index contributed by atoms with van der Waals surface area (Å²) in [5, 5.41) is 0.630. The molecule has 0 N–H and O–H groups in total. The van der Waals surface area contributed by atoms with Crippen molar-refractivity contribution in [1.29, 1.82) is 0 Å². The van der Waals surface area contributed by atoms with Gasteiger partial charge in [0.2, 0.25) is 0 Å². The van der Waals surface area contributed by atoms with Gasteiger partial charge in [0.1, 0.15) is 5.75 Å². The first-order chi connectivity index (χ1) is 13.6. The second-order valence-electron chi connectivity index (χ2n) is 7.86. The van der Waals surface area contributed by atoms with Crippen LogP contribution in [-0.2, 0) is 6.54 Å². The van der Waals surface area contributed by atoms with Crippen LogP contribution in [0, 0.1) is 11.8 Å². The van der Waals surface area contributed by atoms with Gasteiger partial charge in [-0.05, 0) is 55.4 Å². The molecule has 3 rings (SSSR count). The van der Waals surface area contributed by atoms with E-state index in [1.54, 1.807) is 36.2 Å². The quantitative estimate of drug-likeness (QED) is 0.572. The maximum atomic E-state index is 12.2. The van der Waals surface area contributed by atoms with E-state index < -0.39 is 0 Å². The summed E-state index contributed by atoms with van der Waals surface area (Å²) in [5.74, 6) is 2.10. The van der Waals surface area contributed by atoms with Crippen LogP contribution in [0.3, 0.4) is 0 Å². The minimum atomic E-state index is -0.310. The first kappa shape index (κ1) is 20.7. The van der Waals surface area contributed by atoms with Gasteiger partial charge in [-0.15, -0.1) is 0 Å². The van der Waals surface area contributed by atoms with Crippen LogP contribution in [-0.4, -0.2) is 34.1 Å². The number of carbonyl (C=O) groups excluding carboxylic acids is 1. The highest BCUT2D eigenvalue weighted by Crippen LogP contribution is 2.33. The molecule has 5 nitrogen and oxygen atoms in total. The summed E-state index contributed by atoms with van der Waals surface area (Å²) in [7, 11) is 1.81. The van der Waals surface area contributed by atoms with Gasteiger partial charge in [-0.1, -0.05) is 37.3 Å². The van der Waals surface area contributed by atoms with Crippen molar-refractivity contribution in [3.63, 3.8) is 0 Å². The lowest BCUT2D eigenvalue weighted by Gasteiger charge is -2.29. The minimum absolute atomic E-state index is 0.310. The lowest BCUT2D eigenvalue weighted by atomic mass is 9.79. The Kier molecular flexibility index (Phi) is 7.78. The number of halogens is 1. The summed E-state index contributed by atoms with van der Waals surface area (Å²) < 4.78 is 7.54. The molecule has 0 bridgehead atoms. The van der Waals surface area contributed by atoms with E-state index in [4.69, 9.17) is 16.3 Å². The van der Waals surface area contributed by atoms with Crippen LogP contribution < -0.4 is 4.74 Å². The predicted octanol–water partition coefficient (Wildman–Crippen LogP) is 5.64. The van der Waals surface area contributed by atoms with E-state index in [0.29, 0.717) is 10.8 Å². The molecule has 1 heterocycles. The molecule has 1 aliphatic rings. The highest BCUT2D eigenvalue weighted by Gasteiger charge is 2.22. The second-order valence-corrected chi connectivity index (χ2v) is 8.30. The van der Waals surface area contributed by atoms with Gasteiger partial charge in [0.25, 0.3) is 0 Å². The van der Waals surface area contributed by atoms with Gasteiger partial charge in [0.05, 0.1) is 6.33 Å². The van der Waals surface area contributed by atoms with Gasteiger partial charge in [-0.2, -0.15) is 0 Å². The van der Waals surface area contributed by atoms with Gasteiger partial charge in [-0.3, -0.25) is 0 Å². The molecule has 1 aromatic heterocycles. The maximum Gasteiger partial charge on any atom is 0.414 e. The Labute approximate surface area is 172 Å². The van der Waals surface area contributed by atoms with Crippen LogP contribution in [0.5, 0.6) is 5.75 Å². The van der Waals surface area contributed by atoms with Crippen LogP contribution in [0.1, 0.15) is 44.9 Å². The topological polar surface area (TPSA) is 47.4 Å². The van der Waals surface area contributed by atoms with Crippen molar-refractivity contribution in [1.82, 2.24) is 14.5 Å². The Bertz CT molecular complexity index is 710. The normalized spacial score (nSPS) is 19.4. The highest BCUT2D eigenvalue weighted by atomic mass is 35.5. The molecule has 152 valence electrons. The van der Waals surface area contributed by atoms with Gasteiger partial charge in [0, 0.05) is 37.6 Å². The number of ether oxygens (including phenoxy) is 1. The van der Waals surface area contributed by atoms with Crippen LogP contribution in [0.2, 0.25) is 5.02 Å². The Hall–Kier alpha value is -2.01. The molecule has 0 saturated heterocycles. The van der Waals surface area contributed by atoms with E-state index in [9.17, 15) is 4.79 Å². The molecule has 1 fully saturated rings. The van der Waals surface area contributed by atoms with Crippen LogP contribution >= 0.6 is 11.6 Å². The zero-order chi connectivity index (χ0) is 19.8. The summed E-state index contributed by atoms with van der Waals surface area (Å²) in [4.78, 5) is 18.0. The number of amides is 1. The molecular formula is C22H30ClN3O2. The molecule has 1 aliphatic carbocycles. The third kappa shape index (κ3) is 6.55. The summed E-state index contributed by atoms with van der Waals surface area (Å²) in [6.45, 7) is 1.81. The molecule has 2 aromatic rings. The molecule has 0 unspecified atom stereocenters. The van der Waals surface area contributed by atoms with Crippen molar-refractivity contribution >= 4 is 17.7 Å². The number of aryl methyl sites for hydroxylation is 1. The van der Waals surface area contributed by atoms with E-state index >= 15 is 0 Å². The predicted molar refractivity (Wildman–Crippen MR) is 112 cm³/mol. The Morgan fingerprint density at radius 3 is 2.50 bits per heavy atom. The van der Waals surface area contributed by atoms with Crippen molar-refractivity contribution in [3.8, 4) is 5.75 Å². The number of hydrogen-bond acceptors (Lipinski definition) is 3. The van der Waals surface area contributed by atoms with Gasteiger partial charge in [-0.25, -0.2) is 9.78 Å². The number of benzene rings is 1. The zero-order valence-electron chi connectivity index (χ0n) is 16.6. The summed E-state index contributed by atoms with van der Waals surface area (Å²) >= 11 is 5.85. The molecule has 1 aromatic carbocycles. The monoisotopic (exact) mass is 403 g/mol. The lowest BCUT2D eigenvalue weighted by Crippen LogP contribution is -2.32. The Morgan fingerprint density at radius 1 is 1.18 bits per heavy atom. The zero-order valence-corrected chi connectivity index (χ0v) is 17.4. The number of rotatable bonds is 8. The molecular weight excluding hydrogens is 374 g/mol. The van der Waals surface area contributed by atoms with E-state index in [1.165, 1.54) is 38.5 Å². The molecule has 0 spiro atoms. The first-order valence-corrected chi connectivity index (χ1v) is 10.6. The smallest absolute Gasteiger partial charge is 0.410 e. The van der Waals surface area contributed by atoms with Crippen molar-refractivity contribution in [2.45, 2.75) is 51.5 Å². The van der Waals surface area contributed by atoms with Crippen molar-refractivity contribution in [2.24, 2.45) is 11.8 Å². The summed E-state index contributed by atoms with van der Waals surface area (Å²) in [6, 6.07) is 6.86. The molecule has 6 heteroatoms. The van der Waals surface area contributed by atoms with Crippen molar-refractivity contribution < 1.29 is 9.53 Å². The fraction of sp³-hybridized carbons (Fsp3) is 0.545. The first-order valence-electron chi connectivity index (χ1n) is 10.2. The van der Waals surface area contributed by atoms with E-state index in [-0.39, 0.29) is 6.09 Å². The molecule has 0 atom stereocenters. The minimum Gasteiger partial charge on any atom is -0.410 e.